The minimum atomic E-state index is -1.08. The zero-order valence-corrected chi connectivity index (χ0v) is 26.0. The van der Waals surface area contributed by atoms with Gasteiger partial charge in [0.25, 0.3) is 6.01 Å². The Hall–Kier alpha value is -3.87. The Morgan fingerprint density at radius 2 is 1.96 bits per heavy atom. The van der Waals surface area contributed by atoms with Crippen molar-refractivity contribution in [1.82, 2.24) is 15.2 Å². The third-order valence-electron chi connectivity index (χ3n) is 8.97. The Kier molecular flexibility index (Phi) is 9.43. The van der Waals surface area contributed by atoms with Gasteiger partial charge < -0.3 is 44.6 Å². The molecule has 45 heavy (non-hydrogen) atoms. The molecule has 2 saturated heterocycles. The van der Waals surface area contributed by atoms with Gasteiger partial charge in [-0.2, -0.15) is 4.98 Å². The quantitative estimate of drug-likeness (QED) is 0.228. The smallest absolute Gasteiger partial charge is 0.407 e. The summed E-state index contributed by atoms with van der Waals surface area (Å²) < 4.78 is 23.4. The molecule has 5 unspecified atom stereocenters. The number of hydrogen-bond donors (Lipinski definition) is 4. The Bertz CT molecular complexity index is 1460. The molecule has 12 nitrogen and oxygen atoms in total. The molecule has 1 aliphatic carbocycles. The van der Waals surface area contributed by atoms with Crippen molar-refractivity contribution >= 4 is 34.9 Å². The summed E-state index contributed by atoms with van der Waals surface area (Å²) >= 11 is 0. The first kappa shape index (κ1) is 31.1. The molecule has 3 amide bonds. The van der Waals surface area contributed by atoms with Crippen molar-refractivity contribution in [2.45, 2.75) is 70.2 Å². The van der Waals surface area contributed by atoms with Gasteiger partial charge in [0.2, 0.25) is 0 Å². The second-order valence-corrected chi connectivity index (χ2v) is 12.8. The summed E-state index contributed by atoms with van der Waals surface area (Å²) in [5.41, 5.74) is 2.69. The summed E-state index contributed by atoms with van der Waals surface area (Å²) in [7, 11) is 1.72. The predicted octanol–water partition coefficient (Wildman–Crippen LogP) is 4.60. The van der Waals surface area contributed by atoms with Crippen LogP contribution in [-0.2, 0) is 20.6 Å². The van der Waals surface area contributed by atoms with E-state index in [1.54, 1.807) is 30.1 Å². The Morgan fingerprint density at radius 3 is 2.73 bits per heavy atom. The largest absolute Gasteiger partial charge is 0.443 e. The highest BCUT2D eigenvalue weighted by Gasteiger charge is 2.53. The number of benzene rings is 2. The van der Waals surface area contributed by atoms with Crippen molar-refractivity contribution in [2.75, 3.05) is 37.4 Å². The second kappa shape index (κ2) is 13.6. The molecule has 2 aromatic carbocycles. The van der Waals surface area contributed by atoms with Crippen LogP contribution in [0.2, 0.25) is 0 Å². The number of nitrogens with zero attached hydrogens (tertiary/aromatic N) is 2. The van der Waals surface area contributed by atoms with E-state index >= 15 is 0 Å². The van der Waals surface area contributed by atoms with Crippen LogP contribution in [0.1, 0.15) is 38.7 Å². The lowest BCUT2D eigenvalue weighted by atomic mass is 9.78. The van der Waals surface area contributed by atoms with Gasteiger partial charge in [0, 0.05) is 31.1 Å². The number of oxazole rings is 1. The fourth-order valence-electron chi connectivity index (χ4n) is 6.54. The van der Waals surface area contributed by atoms with Crippen LogP contribution in [0.4, 0.5) is 21.3 Å². The van der Waals surface area contributed by atoms with Crippen molar-refractivity contribution in [2.24, 2.45) is 17.8 Å². The fraction of sp³-hybridized carbons (Fsp3) is 0.545. The van der Waals surface area contributed by atoms with Crippen LogP contribution < -0.4 is 16.0 Å². The molecule has 3 aromatic rings. The van der Waals surface area contributed by atoms with Crippen LogP contribution in [0.5, 0.6) is 0 Å². The molecule has 3 fully saturated rings. The van der Waals surface area contributed by atoms with Gasteiger partial charge in [-0.25, -0.2) is 9.59 Å². The van der Waals surface area contributed by atoms with Gasteiger partial charge >= 0.3 is 12.1 Å². The molecule has 2 aliphatic heterocycles. The molecule has 1 saturated carbocycles. The number of aromatic nitrogens is 1. The van der Waals surface area contributed by atoms with Gasteiger partial charge in [-0.05, 0) is 55.4 Å². The number of aliphatic hydroxyl groups excluding tert-OH is 1. The Morgan fingerprint density at radius 1 is 1.13 bits per heavy atom. The summed E-state index contributed by atoms with van der Waals surface area (Å²) in [6.07, 6.45) is 0.341. The summed E-state index contributed by atoms with van der Waals surface area (Å²) in [5, 5.41) is 20.3. The summed E-state index contributed by atoms with van der Waals surface area (Å²) in [6.45, 7) is 5.09. The van der Waals surface area contributed by atoms with Gasteiger partial charge in [-0.1, -0.05) is 44.2 Å². The maximum atomic E-state index is 13.6. The standard InChI is InChI=1S/C33H43N5O7/c1-19(2)11-12-38(32(40)35-23-9-10-27-25(16-23)36-31(34-3)44-27)17-26(39)24(13-20-7-5-4-6-8-20)37-33(41)45-29-22-14-21-15-28(29)43-30(21)42-18-22/h4-10,16,19,21-22,24,26,28-30,39H,11-15,17-18H2,1-3H3,(H,34,36)(H,35,40)(H,37,41)/t21?,22?,24-,26+,28?,29?,30?/m0/s1. The number of carbonyl (C=O) groups excluding carboxylic acids is 2. The lowest BCUT2D eigenvalue weighted by molar-refractivity contribution is -0.153. The van der Waals surface area contributed by atoms with E-state index in [-0.39, 0.29) is 30.9 Å². The van der Waals surface area contributed by atoms with Crippen molar-refractivity contribution in [3.05, 3.63) is 54.1 Å². The maximum Gasteiger partial charge on any atom is 0.407 e. The van der Waals surface area contributed by atoms with Crippen molar-refractivity contribution in [1.29, 1.82) is 0 Å². The highest BCUT2D eigenvalue weighted by Crippen LogP contribution is 2.46. The predicted molar refractivity (Wildman–Crippen MR) is 168 cm³/mol. The SMILES string of the molecule is CNc1nc2cc(NC(=O)N(CCC(C)C)C[C@@H](O)[C@H](Cc3ccccc3)NC(=O)OC3C4COC5OC3CC5C4)ccc2o1. The van der Waals surface area contributed by atoms with Crippen LogP contribution in [0.25, 0.3) is 11.1 Å². The molecular formula is C33H43N5O7. The minimum absolute atomic E-state index is 0.00142. The number of fused-ring (bicyclic) bond motifs is 3. The van der Waals surface area contributed by atoms with E-state index < -0.39 is 24.3 Å². The maximum absolute atomic E-state index is 13.6. The molecule has 1 aromatic heterocycles. The van der Waals surface area contributed by atoms with Gasteiger partial charge in [0.05, 0.1) is 31.4 Å². The van der Waals surface area contributed by atoms with Gasteiger partial charge in [0.1, 0.15) is 11.6 Å². The molecule has 0 radical (unpaired) electrons. The normalized spacial score (nSPS) is 24.8. The van der Waals surface area contributed by atoms with Gasteiger partial charge in [-0.15, -0.1) is 0 Å². The summed E-state index contributed by atoms with van der Waals surface area (Å²) in [6, 6.07) is 14.2. The Balaban J connectivity index is 1.15. The second-order valence-electron chi connectivity index (χ2n) is 12.8. The number of anilines is 2. The average Bonchev–Trinajstić information content (AvgIpc) is 3.57. The lowest BCUT2D eigenvalue weighted by Crippen LogP contribution is -2.53. The molecule has 3 heterocycles. The van der Waals surface area contributed by atoms with E-state index in [9.17, 15) is 14.7 Å². The van der Waals surface area contributed by atoms with Gasteiger partial charge in [0.15, 0.2) is 11.9 Å². The highest BCUT2D eigenvalue weighted by molar-refractivity contribution is 5.92. The first-order valence-electron chi connectivity index (χ1n) is 15.9. The van der Waals surface area contributed by atoms with Crippen LogP contribution in [0.3, 0.4) is 0 Å². The topological polar surface area (TPSA) is 147 Å². The third-order valence-corrected chi connectivity index (χ3v) is 8.97. The first-order chi connectivity index (χ1) is 21.7. The van der Waals surface area contributed by atoms with Crippen molar-refractivity contribution in [3.63, 3.8) is 0 Å². The van der Waals surface area contributed by atoms with E-state index in [2.05, 4.69) is 34.8 Å². The molecular weight excluding hydrogens is 578 g/mol. The Labute approximate surface area is 262 Å². The zero-order valence-electron chi connectivity index (χ0n) is 26.0. The monoisotopic (exact) mass is 621 g/mol. The number of alkyl carbamates (subject to hydrolysis) is 1. The number of aliphatic hydroxyl groups is 1. The summed E-state index contributed by atoms with van der Waals surface area (Å²) in [5.74, 6) is 0.785. The van der Waals surface area contributed by atoms with E-state index in [1.807, 2.05) is 30.3 Å². The van der Waals surface area contributed by atoms with Crippen molar-refractivity contribution in [3.8, 4) is 0 Å². The first-order valence-corrected chi connectivity index (χ1v) is 15.9. The number of nitrogens with one attached hydrogen (secondary N) is 3. The van der Waals surface area contributed by atoms with Gasteiger partial charge in [-0.3, -0.25) is 0 Å². The van der Waals surface area contributed by atoms with Crippen LogP contribution in [0.15, 0.2) is 52.9 Å². The van der Waals surface area contributed by atoms with Crippen molar-refractivity contribution < 1.29 is 33.3 Å². The summed E-state index contributed by atoms with van der Waals surface area (Å²) in [4.78, 5) is 32.8. The number of rotatable bonds is 12. The number of ether oxygens (including phenoxy) is 3. The van der Waals surface area contributed by atoms with Crippen LogP contribution in [-0.4, -0.2) is 84.5 Å². The zero-order chi connectivity index (χ0) is 31.5. The molecule has 7 atom stereocenters. The van der Waals surface area contributed by atoms with E-state index in [1.165, 1.54) is 0 Å². The van der Waals surface area contributed by atoms with Crippen LogP contribution in [0, 0.1) is 17.8 Å². The minimum Gasteiger partial charge on any atom is -0.443 e. The molecule has 242 valence electrons. The fourth-order valence-corrected chi connectivity index (χ4v) is 6.54. The average molecular weight is 622 g/mol. The molecule has 0 spiro atoms. The van der Waals surface area contributed by atoms with Crippen LogP contribution >= 0.6 is 0 Å². The highest BCUT2D eigenvalue weighted by atomic mass is 16.7. The number of carbonyl (C=O) groups is 2. The number of urea groups is 1. The van der Waals surface area contributed by atoms with E-state index in [0.717, 1.165) is 24.8 Å². The van der Waals surface area contributed by atoms with E-state index in [0.29, 0.717) is 54.2 Å². The number of amides is 3. The molecule has 3 bridgehead atoms. The molecule has 6 rings (SSSR count). The molecule has 3 aliphatic rings. The number of hydrogen-bond acceptors (Lipinski definition) is 9. The van der Waals surface area contributed by atoms with E-state index in [4.69, 9.17) is 18.6 Å². The lowest BCUT2D eigenvalue weighted by Gasteiger charge is -2.37. The third kappa shape index (κ3) is 7.34. The molecule has 12 heteroatoms. The molecule has 4 N–H and O–H groups in total.